The first kappa shape index (κ1) is 24.4. The molecule has 2 aliphatic heterocycles. The van der Waals surface area contributed by atoms with Crippen molar-refractivity contribution in [3.8, 4) is 0 Å². The highest BCUT2D eigenvalue weighted by atomic mass is 32.2. The SMILES string of the molecule is O=C(CCCCC1CCSC(c2ccc([N+](=O)[O-])cc2)S1)NCCCN1CCCCC1. The van der Waals surface area contributed by atoms with Gasteiger partial charge in [0.2, 0.25) is 5.91 Å². The van der Waals surface area contributed by atoms with Crippen LogP contribution in [0.5, 0.6) is 0 Å². The van der Waals surface area contributed by atoms with Crippen LogP contribution in [0.25, 0.3) is 0 Å². The number of nitro benzene ring substituents is 1. The van der Waals surface area contributed by atoms with Gasteiger partial charge in [0.1, 0.15) is 0 Å². The Kier molecular flexibility index (Phi) is 10.5. The molecular formula is C23H35N3O3S2. The topological polar surface area (TPSA) is 75.5 Å². The third-order valence-corrected chi connectivity index (χ3v) is 9.17. The van der Waals surface area contributed by atoms with E-state index in [4.69, 9.17) is 0 Å². The number of benzene rings is 1. The summed E-state index contributed by atoms with van der Waals surface area (Å²) in [7, 11) is 0. The first-order valence-corrected chi connectivity index (χ1v) is 13.6. The van der Waals surface area contributed by atoms with Gasteiger partial charge < -0.3 is 10.2 Å². The molecule has 1 aromatic carbocycles. The van der Waals surface area contributed by atoms with Crippen molar-refractivity contribution in [2.45, 2.75) is 67.6 Å². The summed E-state index contributed by atoms with van der Waals surface area (Å²) < 4.78 is 0.350. The van der Waals surface area contributed by atoms with E-state index in [0.29, 0.717) is 16.3 Å². The number of unbranched alkanes of at least 4 members (excludes halogenated alkanes) is 1. The smallest absolute Gasteiger partial charge is 0.269 e. The lowest BCUT2D eigenvalue weighted by molar-refractivity contribution is -0.384. The van der Waals surface area contributed by atoms with E-state index in [1.54, 1.807) is 12.1 Å². The van der Waals surface area contributed by atoms with Gasteiger partial charge in [-0.25, -0.2) is 0 Å². The van der Waals surface area contributed by atoms with Crippen LogP contribution in [0.1, 0.15) is 67.9 Å². The molecule has 2 fully saturated rings. The van der Waals surface area contributed by atoms with Crippen molar-refractivity contribution in [1.82, 2.24) is 10.2 Å². The third-order valence-electron chi connectivity index (χ3n) is 6.00. The largest absolute Gasteiger partial charge is 0.356 e. The molecule has 6 nitrogen and oxygen atoms in total. The molecule has 0 spiro atoms. The molecule has 1 aromatic rings. The second-order valence-electron chi connectivity index (χ2n) is 8.45. The minimum Gasteiger partial charge on any atom is -0.356 e. The Morgan fingerprint density at radius 3 is 2.65 bits per heavy atom. The molecule has 0 bridgehead atoms. The van der Waals surface area contributed by atoms with E-state index in [9.17, 15) is 14.9 Å². The number of hydrogen-bond acceptors (Lipinski definition) is 6. The molecule has 0 aliphatic carbocycles. The number of hydrogen-bond donors (Lipinski definition) is 1. The molecule has 172 valence electrons. The maximum absolute atomic E-state index is 12.1. The van der Waals surface area contributed by atoms with Crippen LogP contribution in [0.4, 0.5) is 5.69 Å². The van der Waals surface area contributed by atoms with Gasteiger partial charge in [0, 0.05) is 30.3 Å². The predicted octanol–water partition coefficient (Wildman–Crippen LogP) is 5.38. The number of nitro groups is 1. The number of carbonyl (C=O) groups is 1. The lowest BCUT2D eigenvalue weighted by Gasteiger charge is -2.28. The molecule has 2 saturated heterocycles. The van der Waals surface area contributed by atoms with Crippen LogP contribution in [0, 0.1) is 10.1 Å². The third kappa shape index (κ3) is 8.66. The Hall–Kier alpha value is -1.25. The fourth-order valence-electron chi connectivity index (χ4n) is 4.19. The highest BCUT2D eigenvalue weighted by molar-refractivity contribution is 8.17. The van der Waals surface area contributed by atoms with Gasteiger partial charge >= 0.3 is 0 Å². The molecule has 0 aromatic heterocycles. The maximum atomic E-state index is 12.1. The zero-order valence-corrected chi connectivity index (χ0v) is 19.9. The molecule has 8 heteroatoms. The second kappa shape index (κ2) is 13.3. The van der Waals surface area contributed by atoms with Gasteiger partial charge in [-0.05, 0) is 69.5 Å². The van der Waals surface area contributed by atoms with E-state index in [-0.39, 0.29) is 16.5 Å². The molecule has 0 saturated carbocycles. The van der Waals surface area contributed by atoms with Crippen LogP contribution in [-0.4, -0.2) is 52.9 Å². The van der Waals surface area contributed by atoms with E-state index < -0.39 is 0 Å². The Balaban J connectivity index is 1.26. The molecule has 2 atom stereocenters. The van der Waals surface area contributed by atoms with Crippen molar-refractivity contribution in [3.05, 3.63) is 39.9 Å². The van der Waals surface area contributed by atoms with Crippen LogP contribution in [-0.2, 0) is 4.79 Å². The number of carbonyl (C=O) groups excluding carboxylic acids is 1. The summed E-state index contributed by atoms with van der Waals surface area (Å²) in [6.45, 7) is 4.34. The minimum atomic E-state index is -0.349. The number of rotatable bonds is 11. The molecule has 2 aliphatic rings. The van der Waals surface area contributed by atoms with Gasteiger partial charge in [-0.1, -0.05) is 25.0 Å². The van der Waals surface area contributed by atoms with Gasteiger partial charge in [0.15, 0.2) is 0 Å². The van der Waals surface area contributed by atoms with Crippen molar-refractivity contribution in [3.63, 3.8) is 0 Å². The number of amides is 1. The Labute approximate surface area is 194 Å². The van der Waals surface area contributed by atoms with Crippen molar-refractivity contribution < 1.29 is 9.72 Å². The van der Waals surface area contributed by atoms with E-state index in [0.717, 1.165) is 50.1 Å². The summed E-state index contributed by atoms with van der Waals surface area (Å²) in [5.41, 5.74) is 1.31. The van der Waals surface area contributed by atoms with Crippen LogP contribution in [0.2, 0.25) is 0 Å². The Morgan fingerprint density at radius 2 is 1.90 bits per heavy atom. The maximum Gasteiger partial charge on any atom is 0.269 e. The molecule has 2 heterocycles. The number of piperidine rings is 1. The zero-order chi connectivity index (χ0) is 21.9. The van der Waals surface area contributed by atoms with E-state index >= 15 is 0 Å². The first-order valence-electron chi connectivity index (χ1n) is 11.6. The standard InChI is InChI=1S/C23H35N3O3S2/c27-22(24-14-6-17-25-15-4-1-5-16-25)8-3-2-7-21-13-18-30-23(31-21)19-9-11-20(12-10-19)26(28)29/h9-12,21,23H,1-8,13-18H2,(H,24,27). The number of non-ortho nitro benzene ring substituents is 1. The minimum absolute atomic E-state index is 0.149. The quantitative estimate of drug-likeness (QED) is 0.268. The summed E-state index contributed by atoms with van der Waals surface area (Å²) >= 11 is 3.90. The van der Waals surface area contributed by atoms with E-state index in [1.165, 1.54) is 38.8 Å². The molecule has 2 unspecified atom stereocenters. The van der Waals surface area contributed by atoms with E-state index in [2.05, 4.69) is 10.2 Å². The monoisotopic (exact) mass is 465 g/mol. The van der Waals surface area contributed by atoms with Crippen molar-refractivity contribution >= 4 is 35.1 Å². The highest BCUT2D eigenvalue weighted by Gasteiger charge is 2.24. The summed E-state index contributed by atoms with van der Waals surface area (Å²) in [6, 6.07) is 6.98. The van der Waals surface area contributed by atoms with Crippen molar-refractivity contribution in [2.24, 2.45) is 0 Å². The molecule has 3 rings (SSSR count). The molecular weight excluding hydrogens is 430 g/mol. The van der Waals surface area contributed by atoms with Crippen molar-refractivity contribution in [2.75, 3.05) is 31.9 Å². The predicted molar refractivity (Wildman–Crippen MR) is 131 cm³/mol. The fourth-order valence-corrected chi connectivity index (χ4v) is 7.62. The van der Waals surface area contributed by atoms with Gasteiger partial charge in [0.25, 0.3) is 5.69 Å². The Bertz CT molecular complexity index is 696. The summed E-state index contributed by atoms with van der Waals surface area (Å²) in [5, 5.41) is 14.5. The van der Waals surface area contributed by atoms with Crippen LogP contribution in [0.3, 0.4) is 0 Å². The van der Waals surface area contributed by atoms with Gasteiger partial charge in [-0.2, -0.15) is 0 Å². The summed E-state index contributed by atoms with van der Waals surface area (Å²) in [4.78, 5) is 25.1. The summed E-state index contributed by atoms with van der Waals surface area (Å²) in [6.07, 6.45) is 10.0. The van der Waals surface area contributed by atoms with E-state index in [1.807, 2.05) is 35.7 Å². The second-order valence-corrected chi connectivity index (χ2v) is 11.4. The normalized spacial score (nSPS) is 22.2. The molecule has 1 amide bonds. The Morgan fingerprint density at radius 1 is 1.13 bits per heavy atom. The average Bonchev–Trinajstić information content (AvgIpc) is 2.80. The van der Waals surface area contributed by atoms with Crippen LogP contribution >= 0.6 is 23.5 Å². The van der Waals surface area contributed by atoms with Crippen molar-refractivity contribution in [1.29, 1.82) is 0 Å². The fraction of sp³-hybridized carbons (Fsp3) is 0.696. The molecule has 0 radical (unpaired) electrons. The number of nitrogens with one attached hydrogen (secondary N) is 1. The van der Waals surface area contributed by atoms with Gasteiger partial charge in [-0.15, -0.1) is 23.5 Å². The molecule has 1 N–H and O–H groups in total. The first-order chi connectivity index (χ1) is 15.1. The summed E-state index contributed by atoms with van der Waals surface area (Å²) in [5.74, 6) is 1.31. The number of thioether (sulfide) groups is 2. The van der Waals surface area contributed by atoms with Crippen LogP contribution in [0.15, 0.2) is 24.3 Å². The lowest BCUT2D eigenvalue weighted by Crippen LogP contribution is -2.33. The lowest BCUT2D eigenvalue weighted by atomic mass is 10.1. The van der Waals surface area contributed by atoms with Gasteiger partial charge in [0.05, 0.1) is 9.51 Å². The van der Waals surface area contributed by atoms with Gasteiger partial charge in [-0.3, -0.25) is 14.9 Å². The number of likely N-dealkylation sites (tertiary alicyclic amines) is 1. The average molecular weight is 466 g/mol. The number of nitrogens with zero attached hydrogens (tertiary/aromatic N) is 2. The molecule has 31 heavy (non-hydrogen) atoms. The van der Waals surface area contributed by atoms with Crippen LogP contribution < -0.4 is 5.32 Å². The highest BCUT2D eigenvalue weighted by Crippen LogP contribution is 2.48. The zero-order valence-electron chi connectivity index (χ0n) is 18.3.